The number of hydrogen-bond donors (Lipinski definition) is 0. The molecule has 9 nitrogen and oxygen atoms in total. The lowest BCUT2D eigenvalue weighted by Crippen LogP contribution is -2.52. The molecule has 0 N–H and O–H groups in total. The molecule has 5 rings (SSSR count). The first kappa shape index (κ1) is 22.0. The molecule has 176 valence electrons. The Labute approximate surface area is 197 Å². The maximum atomic E-state index is 13.2. The van der Waals surface area contributed by atoms with Gasteiger partial charge in [0.15, 0.2) is 0 Å². The van der Waals surface area contributed by atoms with Crippen molar-refractivity contribution in [1.29, 1.82) is 0 Å². The summed E-state index contributed by atoms with van der Waals surface area (Å²) in [4.78, 5) is 29.0. The van der Waals surface area contributed by atoms with Gasteiger partial charge in [0.2, 0.25) is 5.91 Å². The van der Waals surface area contributed by atoms with Gasteiger partial charge in [0, 0.05) is 25.2 Å². The molecule has 2 aromatic carbocycles. The second-order valence-electron chi connectivity index (χ2n) is 8.50. The molecular weight excluding hydrogens is 436 g/mol. The number of methoxy groups -OCH3 is 1. The van der Waals surface area contributed by atoms with E-state index < -0.39 is 6.09 Å². The largest absolute Gasteiger partial charge is 0.497 e. The van der Waals surface area contributed by atoms with Crippen LogP contribution in [0.3, 0.4) is 0 Å². The van der Waals surface area contributed by atoms with Crippen LogP contribution in [0.2, 0.25) is 0 Å². The minimum Gasteiger partial charge on any atom is -0.497 e. The zero-order valence-electron chi connectivity index (χ0n) is 19.3. The Bertz CT molecular complexity index is 1220. The van der Waals surface area contributed by atoms with Gasteiger partial charge in [-0.05, 0) is 48.9 Å². The van der Waals surface area contributed by atoms with Gasteiger partial charge in [0.05, 0.1) is 50.0 Å². The number of benzene rings is 2. The number of anilines is 2. The van der Waals surface area contributed by atoms with Gasteiger partial charge in [-0.15, -0.1) is 0 Å². The molecule has 9 heteroatoms. The van der Waals surface area contributed by atoms with Crippen molar-refractivity contribution in [3.05, 3.63) is 54.9 Å². The van der Waals surface area contributed by atoms with E-state index in [9.17, 15) is 9.59 Å². The van der Waals surface area contributed by atoms with Gasteiger partial charge in [0.1, 0.15) is 11.5 Å². The van der Waals surface area contributed by atoms with Crippen molar-refractivity contribution in [1.82, 2.24) is 9.78 Å². The Balaban J connectivity index is 1.48. The fourth-order valence-corrected chi connectivity index (χ4v) is 4.32. The van der Waals surface area contributed by atoms with Crippen molar-refractivity contribution in [2.45, 2.75) is 25.9 Å². The summed E-state index contributed by atoms with van der Waals surface area (Å²) in [6.45, 7) is 5.06. The zero-order chi connectivity index (χ0) is 23.8. The molecule has 2 aliphatic heterocycles. The predicted molar refractivity (Wildman–Crippen MR) is 127 cm³/mol. The molecule has 0 spiro atoms. The third kappa shape index (κ3) is 3.99. The number of nitrogens with zero attached hydrogens (tertiary/aromatic N) is 4. The van der Waals surface area contributed by atoms with E-state index in [1.807, 2.05) is 36.0 Å². The summed E-state index contributed by atoms with van der Waals surface area (Å²) in [7, 11) is 1.58. The standard InChI is InChI=1S/C25H26N4O5/c1-16-12-27(25(31)34-22-7-5-21(32-3)6-8-22)24-10-18(4-9-23(24)29(16)17(2)30)19-11-26-28(13-19)20-14-33-15-20/h4-11,13,16,20H,12,14-15H2,1-3H3/t16-/m0/s1. The minimum atomic E-state index is -0.513. The van der Waals surface area contributed by atoms with E-state index in [-0.39, 0.29) is 18.0 Å². The third-order valence-electron chi connectivity index (χ3n) is 6.17. The molecule has 0 aliphatic carbocycles. The molecule has 0 unspecified atom stereocenters. The van der Waals surface area contributed by atoms with Crippen LogP contribution in [-0.2, 0) is 9.53 Å². The fourth-order valence-electron chi connectivity index (χ4n) is 4.32. The van der Waals surface area contributed by atoms with Gasteiger partial charge >= 0.3 is 6.09 Å². The number of rotatable bonds is 4. The summed E-state index contributed by atoms with van der Waals surface area (Å²) in [5.74, 6) is 1.00. The van der Waals surface area contributed by atoms with Crippen LogP contribution in [0.4, 0.5) is 16.2 Å². The first-order chi connectivity index (χ1) is 16.4. The first-order valence-electron chi connectivity index (χ1n) is 11.1. The molecule has 0 bridgehead atoms. The van der Waals surface area contributed by atoms with Crippen LogP contribution < -0.4 is 19.3 Å². The summed E-state index contributed by atoms with van der Waals surface area (Å²) in [5.41, 5.74) is 3.10. The van der Waals surface area contributed by atoms with E-state index in [1.165, 1.54) is 6.92 Å². The van der Waals surface area contributed by atoms with Crippen LogP contribution in [0.1, 0.15) is 19.9 Å². The highest BCUT2D eigenvalue weighted by atomic mass is 16.6. The monoisotopic (exact) mass is 462 g/mol. The molecule has 34 heavy (non-hydrogen) atoms. The van der Waals surface area contributed by atoms with Crippen LogP contribution in [0.25, 0.3) is 11.1 Å². The SMILES string of the molecule is COc1ccc(OC(=O)N2C[C@H](C)N(C(C)=O)c3ccc(-c4cnn(C5COC5)c4)cc32)cc1. The lowest BCUT2D eigenvalue weighted by molar-refractivity contribution is -0.117. The van der Waals surface area contributed by atoms with E-state index in [0.29, 0.717) is 42.6 Å². The molecule has 2 amide bonds. The van der Waals surface area contributed by atoms with Crippen molar-refractivity contribution >= 4 is 23.4 Å². The minimum absolute atomic E-state index is 0.0810. The molecule has 1 saturated heterocycles. The Morgan fingerprint density at radius 2 is 1.76 bits per heavy atom. The van der Waals surface area contributed by atoms with Crippen molar-refractivity contribution in [2.75, 3.05) is 36.7 Å². The third-order valence-corrected chi connectivity index (χ3v) is 6.17. The topological polar surface area (TPSA) is 86.1 Å². The summed E-state index contributed by atoms with van der Waals surface area (Å²) >= 11 is 0. The Morgan fingerprint density at radius 1 is 1.03 bits per heavy atom. The number of carbonyl (C=O) groups excluding carboxylic acids is 2. The molecule has 1 atom stereocenters. The molecular formula is C25H26N4O5. The van der Waals surface area contributed by atoms with Gasteiger partial charge < -0.3 is 19.1 Å². The number of aromatic nitrogens is 2. The lowest BCUT2D eigenvalue weighted by atomic mass is 10.0. The highest BCUT2D eigenvalue weighted by Gasteiger charge is 2.35. The number of hydrogen-bond acceptors (Lipinski definition) is 6. The van der Waals surface area contributed by atoms with Crippen LogP contribution in [-0.4, -0.2) is 54.7 Å². The smallest absolute Gasteiger partial charge is 0.419 e. The Morgan fingerprint density at radius 3 is 2.41 bits per heavy atom. The van der Waals surface area contributed by atoms with E-state index in [1.54, 1.807) is 47.4 Å². The van der Waals surface area contributed by atoms with Crippen LogP contribution in [0, 0.1) is 0 Å². The predicted octanol–water partition coefficient (Wildman–Crippen LogP) is 3.89. The van der Waals surface area contributed by atoms with Gasteiger partial charge in [-0.25, -0.2) is 4.79 Å². The molecule has 3 aromatic rings. The van der Waals surface area contributed by atoms with Crippen molar-refractivity contribution < 1.29 is 23.8 Å². The Hall–Kier alpha value is -3.85. The van der Waals surface area contributed by atoms with Crippen LogP contribution >= 0.6 is 0 Å². The molecule has 1 fully saturated rings. The van der Waals surface area contributed by atoms with Crippen LogP contribution in [0.5, 0.6) is 11.5 Å². The van der Waals surface area contributed by atoms with Crippen molar-refractivity contribution in [3.8, 4) is 22.6 Å². The quantitative estimate of drug-likeness (QED) is 0.585. The van der Waals surface area contributed by atoms with E-state index in [2.05, 4.69) is 5.10 Å². The van der Waals surface area contributed by atoms with Gasteiger partial charge in [-0.1, -0.05) is 6.07 Å². The second kappa shape index (κ2) is 8.83. The molecule has 0 radical (unpaired) electrons. The molecule has 0 saturated carbocycles. The maximum absolute atomic E-state index is 13.2. The number of amides is 2. The highest BCUT2D eigenvalue weighted by Crippen LogP contribution is 2.39. The number of fused-ring (bicyclic) bond motifs is 1. The first-order valence-corrected chi connectivity index (χ1v) is 11.1. The molecule has 2 aliphatic rings. The highest BCUT2D eigenvalue weighted by molar-refractivity contribution is 6.03. The van der Waals surface area contributed by atoms with Gasteiger partial charge in [0.25, 0.3) is 0 Å². The number of ether oxygens (including phenoxy) is 3. The lowest BCUT2D eigenvalue weighted by Gasteiger charge is -2.40. The average Bonchev–Trinajstić information content (AvgIpc) is 3.26. The summed E-state index contributed by atoms with van der Waals surface area (Å²) in [5, 5.41) is 4.46. The van der Waals surface area contributed by atoms with E-state index in [4.69, 9.17) is 14.2 Å². The summed E-state index contributed by atoms with van der Waals surface area (Å²) < 4.78 is 18.0. The molecule has 3 heterocycles. The Kier molecular flexibility index (Phi) is 5.70. The van der Waals surface area contributed by atoms with Crippen molar-refractivity contribution in [3.63, 3.8) is 0 Å². The van der Waals surface area contributed by atoms with Gasteiger partial charge in [-0.2, -0.15) is 5.10 Å². The fraction of sp³-hybridized carbons (Fsp3) is 0.320. The van der Waals surface area contributed by atoms with Crippen molar-refractivity contribution in [2.24, 2.45) is 0 Å². The second-order valence-corrected chi connectivity index (χ2v) is 8.50. The van der Waals surface area contributed by atoms with Crippen LogP contribution in [0.15, 0.2) is 54.9 Å². The maximum Gasteiger partial charge on any atom is 0.419 e. The average molecular weight is 463 g/mol. The molecule has 1 aromatic heterocycles. The normalized spacial score (nSPS) is 17.7. The van der Waals surface area contributed by atoms with Gasteiger partial charge in [-0.3, -0.25) is 14.4 Å². The summed E-state index contributed by atoms with van der Waals surface area (Å²) in [6, 6.07) is 12.6. The summed E-state index contributed by atoms with van der Waals surface area (Å²) in [6.07, 6.45) is 3.26. The van der Waals surface area contributed by atoms with E-state index in [0.717, 1.165) is 11.1 Å². The number of carbonyl (C=O) groups is 2. The zero-order valence-corrected chi connectivity index (χ0v) is 19.3. The van der Waals surface area contributed by atoms with E-state index >= 15 is 0 Å².